The fourth-order valence-electron chi connectivity index (χ4n) is 2.20. The molecule has 1 aromatic carbocycles. The van der Waals surface area contributed by atoms with Gasteiger partial charge in [0.05, 0.1) is 11.1 Å². The topological polar surface area (TPSA) is 114 Å². The van der Waals surface area contributed by atoms with E-state index in [2.05, 4.69) is 24.6 Å². The van der Waals surface area contributed by atoms with E-state index in [0.29, 0.717) is 16.3 Å². The fourth-order valence-corrected chi connectivity index (χ4v) is 2.43. The Balaban J connectivity index is 1.73. The monoisotopic (exact) mass is 346 g/mol. The van der Waals surface area contributed by atoms with E-state index in [1.165, 1.54) is 6.33 Å². The van der Waals surface area contributed by atoms with Crippen molar-refractivity contribution in [3.05, 3.63) is 40.1 Å². The molecule has 1 saturated carbocycles. The van der Waals surface area contributed by atoms with Crippen LogP contribution in [0.2, 0.25) is 5.02 Å². The second-order valence-corrected chi connectivity index (χ2v) is 5.73. The molecule has 0 aliphatic heterocycles. The molecule has 2 N–H and O–H groups in total. The molecule has 0 amide bonds. The van der Waals surface area contributed by atoms with Crippen LogP contribution in [0, 0.1) is 0 Å². The Morgan fingerprint density at radius 2 is 2.08 bits per heavy atom. The zero-order valence-corrected chi connectivity index (χ0v) is 12.9. The summed E-state index contributed by atoms with van der Waals surface area (Å²) in [7, 11) is 0. The van der Waals surface area contributed by atoms with E-state index in [4.69, 9.17) is 16.3 Å². The fraction of sp³-hybridized carbons (Fsp3) is 0.200. The Morgan fingerprint density at radius 1 is 1.29 bits per heavy atom. The van der Waals surface area contributed by atoms with Crippen LogP contribution in [0.1, 0.15) is 12.8 Å². The maximum Gasteiger partial charge on any atom is 0.439 e. The van der Waals surface area contributed by atoms with Gasteiger partial charge in [-0.25, -0.2) is 14.8 Å². The lowest BCUT2D eigenvalue weighted by molar-refractivity contribution is 0.303. The number of aromatic hydroxyl groups is 1. The van der Waals surface area contributed by atoms with Gasteiger partial charge < -0.3 is 9.84 Å². The average Bonchev–Trinajstić information content (AvgIpc) is 3.28. The number of hydrogen-bond donors (Lipinski definition) is 2. The van der Waals surface area contributed by atoms with Crippen LogP contribution in [0.15, 0.2) is 33.8 Å². The van der Waals surface area contributed by atoms with Crippen LogP contribution in [-0.4, -0.2) is 31.3 Å². The molecule has 0 saturated heterocycles. The van der Waals surface area contributed by atoms with Crippen molar-refractivity contribution in [1.82, 2.24) is 20.1 Å². The van der Waals surface area contributed by atoms with Crippen molar-refractivity contribution in [2.24, 2.45) is 0 Å². The van der Waals surface area contributed by atoms with Crippen LogP contribution in [0.4, 0.5) is 0 Å². The Kier molecular flexibility index (Phi) is 3.46. The highest BCUT2D eigenvalue weighted by molar-refractivity contribution is 6.32. The predicted molar refractivity (Wildman–Crippen MR) is 83.9 cm³/mol. The van der Waals surface area contributed by atoms with E-state index in [1.807, 2.05) is 0 Å². The second-order valence-electron chi connectivity index (χ2n) is 5.33. The maximum atomic E-state index is 11.1. The minimum atomic E-state index is -0.741. The molecule has 1 fully saturated rings. The van der Waals surface area contributed by atoms with E-state index < -0.39 is 5.76 Å². The van der Waals surface area contributed by atoms with Crippen LogP contribution in [-0.2, 0) is 0 Å². The van der Waals surface area contributed by atoms with Crippen molar-refractivity contribution < 1.29 is 14.4 Å². The lowest BCUT2D eigenvalue weighted by atomic mass is 10.1. The number of hydrogen-bond acceptors (Lipinski definition) is 7. The van der Waals surface area contributed by atoms with Crippen molar-refractivity contribution in [3.8, 4) is 34.3 Å². The first-order valence-corrected chi connectivity index (χ1v) is 7.56. The molecular formula is C15H11ClN4O4. The van der Waals surface area contributed by atoms with Crippen molar-refractivity contribution in [2.45, 2.75) is 18.9 Å². The highest BCUT2D eigenvalue weighted by Gasteiger charge is 2.25. The summed E-state index contributed by atoms with van der Waals surface area (Å²) in [4.78, 5) is 21.4. The summed E-state index contributed by atoms with van der Waals surface area (Å²) in [5.41, 5.74) is 0.888. The van der Waals surface area contributed by atoms with Crippen molar-refractivity contribution in [3.63, 3.8) is 0 Å². The van der Waals surface area contributed by atoms with Gasteiger partial charge >= 0.3 is 5.76 Å². The highest BCUT2D eigenvalue weighted by atomic mass is 35.5. The van der Waals surface area contributed by atoms with Crippen molar-refractivity contribution in [1.29, 1.82) is 0 Å². The Bertz CT molecular complexity index is 964. The number of ether oxygens (including phenoxy) is 1. The van der Waals surface area contributed by atoms with Crippen molar-refractivity contribution >= 4 is 11.6 Å². The van der Waals surface area contributed by atoms with Gasteiger partial charge in [0.25, 0.3) is 0 Å². The van der Waals surface area contributed by atoms with Gasteiger partial charge in [0.15, 0.2) is 11.4 Å². The number of aromatic nitrogens is 4. The summed E-state index contributed by atoms with van der Waals surface area (Å²) in [5, 5.41) is 14.4. The van der Waals surface area contributed by atoms with Crippen molar-refractivity contribution in [2.75, 3.05) is 0 Å². The van der Waals surface area contributed by atoms with Gasteiger partial charge in [-0.3, -0.25) is 9.51 Å². The van der Waals surface area contributed by atoms with Crippen LogP contribution < -0.4 is 10.5 Å². The minimum absolute atomic E-state index is 0.0148. The van der Waals surface area contributed by atoms with Crippen LogP contribution >= 0.6 is 11.6 Å². The van der Waals surface area contributed by atoms with Crippen LogP contribution in [0.5, 0.6) is 11.5 Å². The zero-order valence-electron chi connectivity index (χ0n) is 12.2. The molecular weight excluding hydrogens is 336 g/mol. The molecule has 9 heteroatoms. The number of H-pyrrole nitrogens is 1. The number of halogens is 1. The molecule has 2 aromatic heterocycles. The quantitative estimate of drug-likeness (QED) is 0.745. The molecule has 0 bridgehead atoms. The van der Waals surface area contributed by atoms with E-state index in [9.17, 15) is 9.90 Å². The third kappa shape index (κ3) is 2.71. The largest absolute Gasteiger partial charge is 0.504 e. The molecule has 4 rings (SSSR count). The van der Waals surface area contributed by atoms with Gasteiger partial charge in [0.2, 0.25) is 5.82 Å². The van der Waals surface area contributed by atoms with Gasteiger partial charge in [0.1, 0.15) is 17.8 Å². The lowest BCUT2D eigenvalue weighted by Gasteiger charge is -2.10. The number of rotatable bonds is 4. The summed E-state index contributed by atoms with van der Waals surface area (Å²) in [5.74, 6) is -0.374. The van der Waals surface area contributed by atoms with E-state index in [1.54, 1.807) is 18.2 Å². The molecule has 0 spiro atoms. The molecule has 24 heavy (non-hydrogen) atoms. The molecule has 2 heterocycles. The van der Waals surface area contributed by atoms with Gasteiger partial charge in [-0.1, -0.05) is 16.8 Å². The third-order valence-electron chi connectivity index (χ3n) is 3.51. The SMILES string of the molecule is O=c1[nH]c(-c2ncnc(-c3ccc(OC4CC4)c(Cl)c3)c2O)no1. The Labute approximate surface area is 140 Å². The maximum absolute atomic E-state index is 11.1. The highest BCUT2D eigenvalue weighted by Crippen LogP contribution is 2.38. The summed E-state index contributed by atoms with van der Waals surface area (Å²) in [6.07, 6.45) is 3.55. The molecule has 0 unspecified atom stereocenters. The standard InChI is InChI=1S/C15H11ClN4O4/c16-9-5-7(1-4-10(9)23-8-2-3-8)11-13(21)12(18-6-17-11)14-19-15(22)24-20-14/h1,4-6,8,21H,2-3H2,(H,19,20,22). The average molecular weight is 347 g/mol. The molecule has 0 atom stereocenters. The molecule has 122 valence electrons. The van der Waals surface area contributed by atoms with Gasteiger partial charge in [-0.05, 0) is 31.0 Å². The summed E-state index contributed by atoms with van der Waals surface area (Å²) in [6.45, 7) is 0. The van der Waals surface area contributed by atoms with Gasteiger partial charge in [0, 0.05) is 5.56 Å². The minimum Gasteiger partial charge on any atom is -0.504 e. The van der Waals surface area contributed by atoms with Crippen LogP contribution in [0.3, 0.4) is 0 Å². The predicted octanol–water partition coefficient (Wildman–Crippen LogP) is 2.39. The lowest BCUT2D eigenvalue weighted by Crippen LogP contribution is -1.98. The van der Waals surface area contributed by atoms with E-state index >= 15 is 0 Å². The Hall–Kier alpha value is -2.87. The first-order valence-electron chi connectivity index (χ1n) is 7.18. The van der Waals surface area contributed by atoms with E-state index in [-0.39, 0.29) is 29.1 Å². The first kappa shape index (κ1) is 14.7. The number of nitrogens with zero attached hydrogens (tertiary/aromatic N) is 3. The Morgan fingerprint density at radius 3 is 2.75 bits per heavy atom. The molecule has 1 aliphatic rings. The molecule has 3 aromatic rings. The molecule has 0 radical (unpaired) electrons. The van der Waals surface area contributed by atoms with Crippen LogP contribution in [0.25, 0.3) is 22.8 Å². The van der Waals surface area contributed by atoms with Gasteiger partial charge in [-0.2, -0.15) is 0 Å². The van der Waals surface area contributed by atoms with E-state index in [0.717, 1.165) is 12.8 Å². The number of nitrogens with one attached hydrogen (secondary N) is 1. The normalized spacial score (nSPS) is 13.9. The summed E-state index contributed by atoms with van der Waals surface area (Å²) < 4.78 is 10.1. The summed E-state index contributed by atoms with van der Waals surface area (Å²) in [6, 6.07) is 5.12. The third-order valence-corrected chi connectivity index (χ3v) is 3.81. The molecule has 8 nitrogen and oxygen atoms in total. The molecule has 1 aliphatic carbocycles. The summed E-state index contributed by atoms with van der Waals surface area (Å²) >= 11 is 6.24. The second kappa shape index (κ2) is 5.64. The van der Waals surface area contributed by atoms with Gasteiger partial charge in [-0.15, -0.1) is 0 Å². The number of aromatic amines is 1. The smallest absolute Gasteiger partial charge is 0.439 e. The number of benzene rings is 1. The zero-order chi connectivity index (χ0) is 16.7. The first-order chi connectivity index (χ1) is 11.6.